The predicted octanol–water partition coefficient (Wildman–Crippen LogP) is 2.46. The summed E-state index contributed by atoms with van der Waals surface area (Å²) in [4.78, 5) is 23.7. The minimum absolute atomic E-state index is 0.0420. The van der Waals surface area contributed by atoms with Crippen molar-refractivity contribution in [3.05, 3.63) is 35.4 Å². The predicted molar refractivity (Wildman–Crippen MR) is 78.5 cm³/mol. The van der Waals surface area contributed by atoms with Crippen molar-refractivity contribution in [2.45, 2.75) is 32.0 Å². The van der Waals surface area contributed by atoms with E-state index in [1.54, 1.807) is 6.92 Å². The first kappa shape index (κ1) is 19.5. The van der Waals surface area contributed by atoms with Gasteiger partial charge in [0.05, 0.1) is 25.2 Å². The highest BCUT2D eigenvalue weighted by Gasteiger charge is 2.30. The number of hydrogen-bond acceptors (Lipinski definition) is 4. The van der Waals surface area contributed by atoms with Gasteiger partial charge in [0.1, 0.15) is 6.04 Å². The van der Waals surface area contributed by atoms with Crippen LogP contribution in [0, 0.1) is 17.2 Å². The smallest absolute Gasteiger partial charge is 0.416 e. The van der Waals surface area contributed by atoms with Crippen molar-refractivity contribution >= 4 is 11.9 Å². The Labute approximate surface area is 137 Å². The number of benzene rings is 1. The summed E-state index contributed by atoms with van der Waals surface area (Å²) in [6.07, 6.45) is -4.59. The van der Waals surface area contributed by atoms with Gasteiger partial charge >= 0.3 is 12.1 Å². The number of halogens is 3. The minimum Gasteiger partial charge on any atom is -0.467 e. The average molecular weight is 342 g/mol. The highest BCUT2D eigenvalue weighted by molar-refractivity contribution is 5.85. The second-order valence-electron chi connectivity index (χ2n) is 5.28. The third kappa shape index (κ3) is 5.57. The lowest BCUT2D eigenvalue weighted by molar-refractivity contribution is -0.146. The molecule has 0 saturated carbocycles. The molecule has 0 aromatic heterocycles. The summed E-state index contributed by atoms with van der Waals surface area (Å²) in [5.74, 6) is -1.69. The SMILES string of the molecule is COC(=O)[C@H](NC(=O)Cc1ccc(C(F)(F)F)cc1)[C@@H](C)CC#N. The van der Waals surface area contributed by atoms with E-state index in [1.165, 1.54) is 12.1 Å². The topological polar surface area (TPSA) is 79.2 Å². The van der Waals surface area contributed by atoms with Crippen LogP contribution >= 0.6 is 0 Å². The van der Waals surface area contributed by atoms with Gasteiger partial charge in [0.2, 0.25) is 5.91 Å². The van der Waals surface area contributed by atoms with E-state index in [4.69, 9.17) is 5.26 Å². The standard InChI is InChI=1S/C16H17F3N2O3/c1-10(7-8-20)14(15(23)24-2)21-13(22)9-11-3-5-12(6-4-11)16(17,18)19/h3-6,10,14H,7,9H2,1-2H3,(H,21,22)/t10-,14+/m0/s1. The number of nitriles is 1. The molecule has 0 fully saturated rings. The number of alkyl halides is 3. The largest absolute Gasteiger partial charge is 0.467 e. The van der Waals surface area contributed by atoms with Gasteiger partial charge in [0.25, 0.3) is 0 Å². The number of rotatable bonds is 6. The monoisotopic (exact) mass is 342 g/mol. The number of nitrogens with one attached hydrogen (secondary N) is 1. The molecule has 1 aromatic rings. The maximum absolute atomic E-state index is 12.5. The van der Waals surface area contributed by atoms with Gasteiger partial charge in [-0.2, -0.15) is 18.4 Å². The molecule has 0 aliphatic heterocycles. The zero-order chi connectivity index (χ0) is 18.3. The molecule has 0 aliphatic carbocycles. The Morgan fingerprint density at radius 3 is 2.33 bits per heavy atom. The number of hydrogen-bond donors (Lipinski definition) is 1. The van der Waals surface area contributed by atoms with Crippen LogP contribution in [-0.2, 0) is 26.9 Å². The fourth-order valence-corrected chi connectivity index (χ4v) is 2.04. The van der Waals surface area contributed by atoms with Gasteiger partial charge in [0.15, 0.2) is 0 Å². The molecule has 0 unspecified atom stereocenters. The second-order valence-corrected chi connectivity index (χ2v) is 5.28. The van der Waals surface area contributed by atoms with Crippen LogP contribution in [0.3, 0.4) is 0 Å². The third-order valence-electron chi connectivity index (χ3n) is 3.40. The highest BCUT2D eigenvalue weighted by Crippen LogP contribution is 2.29. The van der Waals surface area contributed by atoms with Crippen LogP contribution in [0.4, 0.5) is 13.2 Å². The maximum atomic E-state index is 12.5. The molecule has 1 N–H and O–H groups in total. The maximum Gasteiger partial charge on any atom is 0.416 e. The molecule has 0 spiro atoms. The van der Waals surface area contributed by atoms with Crippen molar-refractivity contribution in [2.24, 2.45) is 5.92 Å². The van der Waals surface area contributed by atoms with E-state index in [1.807, 2.05) is 6.07 Å². The number of ether oxygens (including phenoxy) is 1. The molecule has 2 atom stereocenters. The lowest BCUT2D eigenvalue weighted by Crippen LogP contribution is -2.46. The van der Waals surface area contributed by atoms with Crippen LogP contribution in [0.15, 0.2) is 24.3 Å². The molecule has 5 nitrogen and oxygen atoms in total. The lowest BCUT2D eigenvalue weighted by Gasteiger charge is -2.21. The summed E-state index contributed by atoms with van der Waals surface area (Å²) in [6.45, 7) is 1.61. The Bertz CT molecular complexity index is 621. The second kappa shape index (κ2) is 8.34. The zero-order valence-electron chi connectivity index (χ0n) is 13.2. The average Bonchev–Trinajstić information content (AvgIpc) is 2.51. The summed E-state index contributed by atoms with van der Waals surface area (Å²) >= 11 is 0. The van der Waals surface area contributed by atoms with Crippen molar-refractivity contribution in [2.75, 3.05) is 7.11 Å². The highest BCUT2D eigenvalue weighted by atomic mass is 19.4. The number of esters is 1. The summed E-state index contributed by atoms with van der Waals surface area (Å²) in [7, 11) is 1.16. The van der Waals surface area contributed by atoms with Gasteiger partial charge in [-0.25, -0.2) is 4.79 Å². The van der Waals surface area contributed by atoms with E-state index < -0.39 is 35.6 Å². The quantitative estimate of drug-likeness (QED) is 0.806. The lowest BCUT2D eigenvalue weighted by atomic mass is 9.98. The van der Waals surface area contributed by atoms with Crippen molar-refractivity contribution in [3.8, 4) is 6.07 Å². The van der Waals surface area contributed by atoms with Crippen LogP contribution in [0.2, 0.25) is 0 Å². The van der Waals surface area contributed by atoms with Crippen molar-refractivity contribution < 1.29 is 27.5 Å². The fraction of sp³-hybridized carbons (Fsp3) is 0.438. The van der Waals surface area contributed by atoms with Gasteiger partial charge in [-0.3, -0.25) is 4.79 Å². The molecular weight excluding hydrogens is 325 g/mol. The van der Waals surface area contributed by atoms with Gasteiger partial charge in [-0.15, -0.1) is 0 Å². The first-order chi connectivity index (χ1) is 11.2. The van der Waals surface area contributed by atoms with E-state index in [-0.39, 0.29) is 12.8 Å². The molecular formula is C16H17F3N2O3. The van der Waals surface area contributed by atoms with Crippen molar-refractivity contribution in [1.29, 1.82) is 5.26 Å². The first-order valence-electron chi connectivity index (χ1n) is 7.09. The Hall–Kier alpha value is -2.56. The Morgan fingerprint density at radius 1 is 1.29 bits per heavy atom. The molecule has 0 saturated heterocycles. The minimum atomic E-state index is -4.44. The van der Waals surface area contributed by atoms with Crippen molar-refractivity contribution in [1.82, 2.24) is 5.32 Å². The number of carbonyl (C=O) groups is 2. The molecule has 8 heteroatoms. The van der Waals surface area contributed by atoms with E-state index in [9.17, 15) is 22.8 Å². The summed E-state index contributed by atoms with van der Waals surface area (Å²) in [5.41, 5.74) is -0.432. The fourth-order valence-electron chi connectivity index (χ4n) is 2.04. The number of carbonyl (C=O) groups excluding carboxylic acids is 2. The number of methoxy groups -OCH3 is 1. The Morgan fingerprint density at radius 2 is 1.88 bits per heavy atom. The van der Waals surface area contributed by atoms with Gasteiger partial charge < -0.3 is 10.1 Å². The Kier molecular flexibility index (Phi) is 6.77. The van der Waals surface area contributed by atoms with Gasteiger partial charge in [-0.05, 0) is 17.7 Å². The Balaban J connectivity index is 2.75. The zero-order valence-corrected chi connectivity index (χ0v) is 13.2. The van der Waals surface area contributed by atoms with Crippen molar-refractivity contribution in [3.63, 3.8) is 0 Å². The van der Waals surface area contributed by atoms with Gasteiger partial charge in [0, 0.05) is 12.3 Å². The first-order valence-corrected chi connectivity index (χ1v) is 7.09. The molecule has 1 aromatic carbocycles. The normalized spacial score (nSPS) is 13.5. The van der Waals surface area contributed by atoms with E-state index in [0.29, 0.717) is 5.56 Å². The molecule has 0 radical (unpaired) electrons. The van der Waals surface area contributed by atoms with Crippen LogP contribution in [0.25, 0.3) is 0 Å². The molecule has 130 valence electrons. The molecule has 0 heterocycles. The van der Waals surface area contributed by atoms with Crippen LogP contribution in [0.1, 0.15) is 24.5 Å². The molecule has 1 rings (SSSR count). The summed E-state index contributed by atoms with van der Waals surface area (Å²) in [6, 6.07) is 5.10. The van der Waals surface area contributed by atoms with Crippen LogP contribution in [0.5, 0.6) is 0 Å². The van der Waals surface area contributed by atoms with Crippen LogP contribution in [-0.4, -0.2) is 25.0 Å². The number of amides is 1. The summed E-state index contributed by atoms with van der Waals surface area (Å²) < 4.78 is 42.1. The molecule has 0 aliphatic rings. The van der Waals surface area contributed by atoms with E-state index in [2.05, 4.69) is 10.1 Å². The van der Waals surface area contributed by atoms with Crippen LogP contribution < -0.4 is 5.32 Å². The van der Waals surface area contributed by atoms with Gasteiger partial charge in [-0.1, -0.05) is 19.1 Å². The third-order valence-corrected chi connectivity index (χ3v) is 3.40. The number of nitrogens with zero attached hydrogens (tertiary/aromatic N) is 1. The van der Waals surface area contributed by atoms with E-state index >= 15 is 0 Å². The summed E-state index contributed by atoms with van der Waals surface area (Å²) in [5, 5.41) is 11.2. The van der Waals surface area contributed by atoms with E-state index in [0.717, 1.165) is 19.2 Å². The molecule has 1 amide bonds. The molecule has 0 bridgehead atoms. The molecule has 24 heavy (non-hydrogen) atoms.